The van der Waals surface area contributed by atoms with Gasteiger partial charge in [0, 0.05) is 12.2 Å². The van der Waals surface area contributed by atoms with Gasteiger partial charge in [-0.3, -0.25) is 4.79 Å². The minimum absolute atomic E-state index is 0.172. The summed E-state index contributed by atoms with van der Waals surface area (Å²) in [5.41, 5.74) is 8.04. The number of benzene rings is 2. The number of nitrogens with zero attached hydrogens (tertiary/aromatic N) is 1. The highest BCUT2D eigenvalue weighted by Crippen LogP contribution is 2.37. The van der Waals surface area contributed by atoms with E-state index >= 15 is 0 Å². The van der Waals surface area contributed by atoms with Gasteiger partial charge in [-0.1, -0.05) is 26.0 Å². The van der Waals surface area contributed by atoms with Gasteiger partial charge in [0.2, 0.25) is 0 Å². The Hall–Kier alpha value is -2.95. The van der Waals surface area contributed by atoms with Crippen molar-refractivity contribution in [2.45, 2.75) is 13.8 Å². The Morgan fingerprint density at radius 3 is 2.76 bits per heavy atom. The van der Waals surface area contributed by atoms with Crippen LogP contribution in [0.15, 0.2) is 48.2 Å². The second kappa shape index (κ2) is 6.89. The number of hydrogen-bond donors (Lipinski definition) is 1. The van der Waals surface area contributed by atoms with E-state index in [9.17, 15) is 4.79 Å². The zero-order valence-corrected chi connectivity index (χ0v) is 14.7. The van der Waals surface area contributed by atoms with Crippen LogP contribution in [0.3, 0.4) is 0 Å². The maximum absolute atomic E-state index is 13.0. The molecule has 0 aliphatic carbocycles. The van der Waals surface area contributed by atoms with E-state index in [1.165, 1.54) is 0 Å². The Kier molecular flexibility index (Phi) is 4.65. The molecule has 1 aliphatic rings. The standard InChI is InChI=1S/C20H22N2O3/c1-13(2)12-22-17-11-15(21)7-8-18(17)25-19(20(22)23)10-14-5-4-6-16(9-14)24-3/h4-11,13H,12,21H2,1-3H3/b19-10+. The zero-order valence-electron chi connectivity index (χ0n) is 14.7. The fourth-order valence-electron chi connectivity index (χ4n) is 2.76. The molecule has 0 unspecified atom stereocenters. The van der Waals surface area contributed by atoms with Crippen LogP contribution in [0, 0.1) is 5.92 Å². The number of carbonyl (C=O) groups excluding carboxylic acids is 1. The average molecular weight is 338 g/mol. The van der Waals surface area contributed by atoms with Crippen LogP contribution >= 0.6 is 0 Å². The zero-order chi connectivity index (χ0) is 18.0. The fraction of sp³-hybridized carbons (Fsp3) is 0.250. The summed E-state index contributed by atoms with van der Waals surface area (Å²) >= 11 is 0. The first kappa shape index (κ1) is 16.9. The first-order chi connectivity index (χ1) is 12.0. The summed E-state index contributed by atoms with van der Waals surface area (Å²) < 4.78 is 11.1. The summed E-state index contributed by atoms with van der Waals surface area (Å²) in [4.78, 5) is 14.7. The molecule has 1 heterocycles. The van der Waals surface area contributed by atoms with E-state index in [0.717, 1.165) is 11.3 Å². The van der Waals surface area contributed by atoms with Crippen molar-refractivity contribution in [3.63, 3.8) is 0 Å². The van der Waals surface area contributed by atoms with Crippen molar-refractivity contribution >= 4 is 23.4 Å². The van der Waals surface area contributed by atoms with Crippen LogP contribution in [-0.2, 0) is 4.79 Å². The highest BCUT2D eigenvalue weighted by Gasteiger charge is 2.30. The molecule has 0 radical (unpaired) electrons. The molecule has 0 atom stereocenters. The molecule has 1 amide bonds. The molecule has 0 saturated heterocycles. The highest BCUT2D eigenvalue weighted by atomic mass is 16.5. The van der Waals surface area contributed by atoms with Crippen molar-refractivity contribution in [2.24, 2.45) is 5.92 Å². The second-order valence-electron chi connectivity index (χ2n) is 6.42. The van der Waals surface area contributed by atoms with Gasteiger partial charge in [-0.05, 0) is 47.9 Å². The number of carbonyl (C=O) groups is 1. The van der Waals surface area contributed by atoms with Crippen molar-refractivity contribution in [1.82, 2.24) is 0 Å². The van der Waals surface area contributed by atoms with Crippen LogP contribution in [0.25, 0.3) is 6.08 Å². The van der Waals surface area contributed by atoms with Gasteiger partial charge in [0.1, 0.15) is 5.75 Å². The smallest absolute Gasteiger partial charge is 0.294 e. The predicted molar refractivity (Wildman–Crippen MR) is 99.6 cm³/mol. The second-order valence-corrected chi connectivity index (χ2v) is 6.42. The minimum atomic E-state index is -0.172. The van der Waals surface area contributed by atoms with E-state index in [-0.39, 0.29) is 11.7 Å². The molecule has 5 nitrogen and oxygen atoms in total. The molecule has 0 saturated carbocycles. The molecule has 2 aromatic rings. The van der Waals surface area contributed by atoms with E-state index in [4.69, 9.17) is 15.2 Å². The monoisotopic (exact) mass is 338 g/mol. The van der Waals surface area contributed by atoms with Crippen LogP contribution in [0.2, 0.25) is 0 Å². The number of nitrogen functional groups attached to an aromatic ring is 1. The van der Waals surface area contributed by atoms with E-state index < -0.39 is 0 Å². The van der Waals surface area contributed by atoms with Gasteiger partial charge in [-0.15, -0.1) is 0 Å². The summed E-state index contributed by atoms with van der Waals surface area (Å²) in [6.07, 6.45) is 1.73. The molecule has 5 heteroatoms. The quantitative estimate of drug-likeness (QED) is 0.682. The summed E-state index contributed by atoms with van der Waals surface area (Å²) in [7, 11) is 1.61. The van der Waals surface area contributed by atoms with Crippen molar-refractivity contribution < 1.29 is 14.3 Å². The van der Waals surface area contributed by atoms with Crippen molar-refractivity contribution in [3.8, 4) is 11.5 Å². The Labute approximate surface area is 147 Å². The van der Waals surface area contributed by atoms with Gasteiger partial charge >= 0.3 is 0 Å². The number of nitrogens with two attached hydrogens (primary N) is 1. The number of hydrogen-bond acceptors (Lipinski definition) is 4. The summed E-state index contributed by atoms with van der Waals surface area (Å²) in [6.45, 7) is 4.73. The summed E-state index contributed by atoms with van der Waals surface area (Å²) in [6, 6.07) is 12.8. The molecule has 2 N–H and O–H groups in total. The van der Waals surface area contributed by atoms with E-state index in [2.05, 4.69) is 13.8 Å². The molecular weight excluding hydrogens is 316 g/mol. The Balaban J connectivity index is 2.03. The number of anilines is 2. The third kappa shape index (κ3) is 3.60. The van der Waals surface area contributed by atoms with Crippen LogP contribution in [0.4, 0.5) is 11.4 Å². The third-order valence-electron chi connectivity index (χ3n) is 3.89. The third-order valence-corrected chi connectivity index (χ3v) is 3.89. The maximum Gasteiger partial charge on any atom is 0.294 e. The molecule has 1 aliphatic heterocycles. The lowest BCUT2D eigenvalue weighted by atomic mass is 10.1. The molecule has 0 aromatic heterocycles. The number of ether oxygens (including phenoxy) is 2. The molecular formula is C20H22N2O3. The lowest BCUT2D eigenvalue weighted by molar-refractivity contribution is -0.117. The molecule has 25 heavy (non-hydrogen) atoms. The van der Waals surface area contributed by atoms with Crippen molar-refractivity contribution in [3.05, 3.63) is 53.8 Å². The molecule has 130 valence electrons. The van der Waals surface area contributed by atoms with Gasteiger partial charge in [0.15, 0.2) is 11.5 Å². The minimum Gasteiger partial charge on any atom is -0.497 e. The topological polar surface area (TPSA) is 64.8 Å². The normalized spacial score (nSPS) is 15.3. The Morgan fingerprint density at radius 2 is 2.04 bits per heavy atom. The number of rotatable bonds is 4. The Morgan fingerprint density at radius 1 is 1.24 bits per heavy atom. The lowest BCUT2D eigenvalue weighted by Crippen LogP contribution is -2.39. The largest absolute Gasteiger partial charge is 0.497 e. The Bertz CT molecular complexity index is 827. The molecule has 2 aromatic carbocycles. The molecule has 0 fully saturated rings. The SMILES string of the molecule is COc1cccc(/C=C2/Oc3ccc(N)cc3N(CC(C)C)C2=O)c1. The van der Waals surface area contributed by atoms with Crippen molar-refractivity contribution in [2.75, 3.05) is 24.3 Å². The number of amides is 1. The van der Waals surface area contributed by atoms with Crippen LogP contribution in [0.5, 0.6) is 11.5 Å². The number of methoxy groups -OCH3 is 1. The molecule has 0 bridgehead atoms. The van der Waals surface area contributed by atoms with Crippen LogP contribution in [-0.4, -0.2) is 19.6 Å². The van der Waals surface area contributed by atoms with Crippen LogP contribution in [0.1, 0.15) is 19.4 Å². The first-order valence-electron chi connectivity index (χ1n) is 8.23. The van der Waals surface area contributed by atoms with Gasteiger partial charge < -0.3 is 20.1 Å². The highest BCUT2D eigenvalue weighted by molar-refractivity contribution is 6.10. The van der Waals surface area contributed by atoms with E-state index in [0.29, 0.717) is 29.6 Å². The van der Waals surface area contributed by atoms with Gasteiger partial charge in [-0.2, -0.15) is 0 Å². The van der Waals surface area contributed by atoms with Gasteiger partial charge in [0.25, 0.3) is 5.91 Å². The fourth-order valence-corrected chi connectivity index (χ4v) is 2.76. The summed E-state index contributed by atoms with van der Waals surface area (Å²) in [5, 5.41) is 0. The molecule has 0 spiro atoms. The van der Waals surface area contributed by atoms with Crippen LogP contribution < -0.4 is 20.1 Å². The summed E-state index contributed by atoms with van der Waals surface area (Å²) in [5.74, 6) is 1.78. The van der Waals surface area contributed by atoms with E-state index in [1.807, 2.05) is 24.3 Å². The van der Waals surface area contributed by atoms with Crippen molar-refractivity contribution in [1.29, 1.82) is 0 Å². The number of fused-ring (bicyclic) bond motifs is 1. The molecule has 3 rings (SSSR count). The predicted octanol–water partition coefficient (Wildman–Crippen LogP) is 3.70. The average Bonchev–Trinajstić information content (AvgIpc) is 2.59. The maximum atomic E-state index is 13.0. The lowest BCUT2D eigenvalue weighted by Gasteiger charge is -2.32. The first-order valence-corrected chi connectivity index (χ1v) is 8.23. The van der Waals surface area contributed by atoms with E-state index in [1.54, 1.807) is 36.3 Å². The van der Waals surface area contributed by atoms with Gasteiger partial charge in [-0.25, -0.2) is 0 Å². The van der Waals surface area contributed by atoms with Gasteiger partial charge in [0.05, 0.1) is 12.8 Å².